The molecule has 0 atom stereocenters. The molecule has 0 spiro atoms. The maximum absolute atomic E-state index is 5.85. The van der Waals surface area contributed by atoms with Gasteiger partial charge in [0.1, 0.15) is 0 Å². The van der Waals surface area contributed by atoms with Gasteiger partial charge < -0.3 is 5.32 Å². The van der Waals surface area contributed by atoms with Crippen LogP contribution in [0.15, 0.2) is 49.6 Å². The van der Waals surface area contributed by atoms with Crippen molar-refractivity contribution >= 4 is 17.3 Å². The fraction of sp³-hybridized carbons (Fsp3) is 0.286. The zero-order valence-electron chi connectivity index (χ0n) is 9.67. The Kier molecular flexibility index (Phi) is 4.63. The van der Waals surface area contributed by atoms with Crippen molar-refractivity contribution in [1.82, 2.24) is 0 Å². The van der Waals surface area contributed by atoms with Gasteiger partial charge >= 0.3 is 0 Å². The van der Waals surface area contributed by atoms with Crippen molar-refractivity contribution in [2.24, 2.45) is 0 Å². The number of hydrogen-bond acceptors (Lipinski definition) is 1. The summed E-state index contributed by atoms with van der Waals surface area (Å²) >= 11 is 5.85. The Morgan fingerprint density at radius 1 is 1.19 bits per heavy atom. The third-order valence-corrected chi connectivity index (χ3v) is 2.73. The van der Waals surface area contributed by atoms with E-state index < -0.39 is 0 Å². The monoisotopic (exact) mass is 235 g/mol. The normalized spacial score (nSPS) is 10.9. The molecule has 1 rings (SSSR count). The Balaban J connectivity index is 2.78. The van der Waals surface area contributed by atoms with Crippen LogP contribution in [-0.2, 0) is 0 Å². The molecule has 16 heavy (non-hydrogen) atoms. The highest BCUT2D eigenvalue weighted by Crippen LogP contribution is 2.23. The van der Waals surface area contributed by atoms with Gasteiger partial charge in [-0.1, -0.05) is 23.8 Å². The maximum Gasteiger partial charge on any atom is 0.0414 e. The number of benzene rings is 1. The molecule has 0 radical (unpaired) electrons. The lowest BCUT2D eigenvalue weighted by molar-refractivity contribution is 0.527. The van der Waals surface area contributed by atoms with Gasteiger partial charge in [0.15, 0.2) is 0 Å². The predicted molar refractivity (Wildman–Crippen MR) is 73.1 cm³/mol. The molecule has 0 unspecified atom stereocenters. The molecule has 86 valence electrons. The molecular formula is C14H18ClN. The molecule has 0 aliphatic carbocycles. The van der Waals surface area contributed by atoms with E-state index in [1.54, 1.807) is 0 Å². The first-order chi connectivity index (χ1) is 7.59. The second kappa shape index (κ2) is 5.76. The summed E-state index contributed by atoms with van der Waals surface area (Å²) in [4.78, 5) is 0. The minimum Gasteiger partial charge on any atom is -0.379 e. The van der Waals surface area contributed by atoms with Gasteiger partial charge in [0.2, 0.25) is 0 Å². The van der Waals surface area contributed by atoms with E-state index in [4.69, 9.17) is 11.6 Å². The summed E-state index contributed by atoms with van der Waals surface area (Å²) in [6.07, 6.45) is 5.63. The number of rotatable bonds is 6. The van der Waals surface area contributed by atoms with E-state index in [1.165, 1.54) is 0 Å². The van der Waals surface area contributed by atoms with Gasteiger partial charge in [-0.15, -0.1) is 13.2 Å². The van der Waals surface area contributed by atoms with Crippen LogP contribution >= 0.6 is 11.6 Å². The van der Waals surface area contributed by atoms with Crippen LogP contribution in [0.3, 0.4) is 0 Å². The molecule has 0 aromatic heterocycles. The predicted octanol–water partition coefficient (Wildman–Crippen LogP) is 4.66. The summed E-state index contributed by atoms with van der Waals surface area (Å²) < 4.78 is 0. The topological polar surface area (TPSA) is 12.0 Å². The summed E-state index contributed by atoms with van der Waals surface area (Å²) in [6.45, 7) is 9.73. The second-order valence-corrected chi connectivity index (χ2v) is 4.61. The van der Waals surface area contributed by atoms with Crippen molar-refractivity contribution in [2.75, 3.05) is 5.32 Å². The number of hydrogen-bond donors (Lipinski definition) is 1. The van der Waals surface area contributed by atoms with E-state index in [-0.39, 0.29) is 5.54 Å². The zero-order valence-corrected chi connectivity index (χ0v) is 10.4. The Hall–Kier alpha value is -1.21. The lowest BCUT2D eigenvalue weighted by Gasteiger charge is -2.30. The molecule has 0 saturated heterocycles. The van der Waals surface area contributed by atoms with Gasteiger partial charge in [0.05, 0.1) is 0 Å². The quantitative estimate of drug-likeness (QED) is 0.707. The number of nitrogens with one attached hydrogen (secondary N) is 1. The van der Waals surface area contributed by atoms with Crippen LogP contribution < -0.4 is 5.32 Å². The van der Waals surface area contributed by atoms with Crippen LogP contribution in [0.2, 0.25) is 5.02 Å². The van der Waals surface area contributed by atoms with E-state index in [0.29, 0.717) is 0 Å². The SMILES string of the molecule is C=CCC(C)(CC=C)Nc1ccc(Cl)cc1. The molecule has 0 bridgehead atoms. The highest BCUT2D eigenvalue weighted by atomic mass is 35.5. The van der Waals surface area contributed by atoms with Gasteiger partial charge in [0, 0.05) is 16.2 Å². The lowest BCUT2D eigenvalue weighted by atomic mass is 9.93. The second-order valence-electron chi connectivity index (χ2n) is 4.18. The van der Waals surface area contributed by atoms with Crippen LogP contribution in [0.4, 0.5) is 5.69 Å². The van der Waals surface area contributed by atoms with Crippen molar-refractivity contribution in [1.29, 1.82) is 0 Å². The van der Waals surface area contributed by atoms with Crippen LogP contribution in [0.1, 0.15) is 19.8 Å². The first kappa shape index (κ1) is 12.9. The lowest BCUT2D eigenvalue weighted by Crippen LogP contribution is -2.33. The Morgan fingerprint density at radius 3 is 2.12 bits per heavy atom. The van der Waals surface area contributed by atoms with Gasteiger partial charge in [-0.2, -0.15) is 0 Å². The van der Waals surface area contributed by atoms with Crippen molar-refractivity contribution in [3.8, 4) is 0 Å². The molecule has 1 aromatic carbocycles. The Labute approximate surface area is 103 Å². The molecule has 0 heterocycles. The van der Waals surface area contributed by atoms with Gasteiger partial charge in [-0.25, -0.2) is 0 Å². The molecule has 0 saturated carbocycles. The molecule has 1 aromatic rings. The third kappa shape index (κ3) is 3.74. The largest absolute Gasteiger partial charge is 0.379 e. The van der Waals surface area contributed by atoms with E-state index in [1.807, 2.05) is 36.4 Å². The molecule has 0 amide bonds. The molecule has 2 heteroatoms. The minimum absolute atomic E-state index is 0.0304. The van der Waals surface area contributed by atoms with Crippen LogP contribution in [0.5, 0.6) is 0 Å². The minimum atomic E-state index is -0.0304. The summed E-state index contributed by atoms with van der Waals surface area (Å²) in [7, 11) is 0. The summed E-state index contributed by atoms with van der Waals surface area (Å²) in [5.41, 5.74) is 1.03. The maximum atomic E-state index is 5.85. The molecular weight excluding hydrogens is 218 g/mol. The highest BCUT2D eigenvalue weighted by Gasteiger charge is 2.20. The van der Waals surface area contributed by atoms with E-state index in [0.717, 1.165) is 23.6 Å². The smallest absolute Gasteiger partial charge is 0.0414 e. The summed E-state index contributed by atoms with van der Waals surface area (Å²) in [6, 6.07) is 7.72. The molecule has 0 aliphatic heterocycles. The molecule has 1 N–H and O–H groups in total. The third-order valence-electron chi connectivity index (χ3n) is 2.48. The Bertz CT molecular complexity index is 344. The summed E-state index contributed by atoms with van der Waals surface area (Å²) in [5.74, 6) is 0. The first-order valence-corrected chi connectivity index (χ1v) is 5.73. The molecule has 0 aliphatic rings. The zero-order chi connectivity index (χ0) is 12.0. The van der Waals surface area contributed by atoms with Crippen molar-refractivity contribution < 1.29 is 0 Å². The average molecular weight is 236 g/mol. The van der Waals surface area contributed by atoms with E-state index in [2.05, 4.69) is 25.4 Å². The van der Waals surface area contributed by atoms with Crippen molar-refractivity contribution in [3.63, 3.8) is 0 Å². The van der Waals surface area contributed by atoms with Gasteiger partial charge in [-0.3, -0.25) is 0 Å². The van der Waals surface area contributed by atoms with E-state index in [9.17, 15) is 0 Å². The highest BCUT2D eigenvalue weighted by molar-refractivity contribution is 6.30. The first-order valence-electron chi connectivity index (χ1n) is 5.35. The van der Waals surface area contributed by atoms with Crippen molar-refractivity contribution in [3.05, 3.63) is 54.6 Å². The average Bonchev–Trinajstić information content (AvgIpc) is 2.22. The number of halogens is 1. The van der Waals surface area contributed by atoms with Crippen LogP contribution in [0.25, 0.3) is 0 Å². The number of anilines is 1. The van der Waals surface area contributed by atoms with E-state index >= 15 is 0 Å². The summed E-state index contributed by atoms with van der Waals surface area (Å²) in [5, 5.41) is 4.23. The van der Waals surface area contributed by atoms with Crippen LogP contribution in [-0.4, -0.2) is 5.54 Å². The fourth-order valence-electron chi connectivity index (χ4n) is 1.70. The fourth-order valence-corrected chi connectivity index (χ4v) is 1.83. The van der Waals surface area contributed by atoms with Gasteiger partial charge in [-0.05, 0) is 44.0 Å². The molecule has 1 nitrogen and oxygen atoms in total. The standard InChI is InChI=1S/C14H18ClN/c1-4-10-14(3,11-5-2)16-13-8-6-12(15)7-9-13/h4-9,16H,1-2,10-11H2,3H3. The van der Waals surface area contributed by atoms with Gasteiger partial charge in [0.25, 0.3) is 0 Å². The molecule has 0 fully saturated rings. The van der Waals surface area contributed by atoms with Crippen molar-refractivity contribution in [2.45, 2.75) is 25.3 Å². The Morgan fingerprint density at radius 2 is 1.69 bits per heavy atom. The van der Waals surface area contributed by atoms with Crippen LogP contribution in [0, 0.1) is 0 Å².